The van der Waals surface area contributed by atoms with Crippen LogP contribution in [0.5, 0.6) is 0 Å². The van der Waals surface area contributed by atoms with Crippen molar-refractivity contribution in [1.29, 1.82) is 0 Å². The van der Waals surface area contributed by atoms with Gasteiger partial charge in [-0.15, -0.1) is 0 Å². The number of anilines is 1. The van der Waals surface area contributed by atoms with Crippen LogP contribution in [0.3, 0.4) is 0 Å². The highest BCUT2D eigenvalue weighted by molar-refractivity contribution is 6.37. The van der Waals surface area contributed by atoms with Crippen molar-refractivity contribution in [3.05, 3.63) is 27.7 Å². The minimum Gasteiger partial charge on any atom is -0.397 e. The molecule has 0 aromatic heterocycles. The number of amides is 1. The van der Waals surface area contributed by atoms with Crippen LogP contribution < -0.4 is 5.73 Å². The fourth-order valence-electron chi connectivity index (χ4n) is 2.21. The number of likely N-dealkylation sites (tertiary alicyclic amines) is 1. The minimum absolute atomic E-state index is 0.0417. The van der Waals surface area contributed by atoms with E-state index in [2.05, 4.69) is 0 Å². The van der Waals surface area contributed by atoms with Gasteiger partial charge in [0.05, 0.1) is 28.9 Å². The molecular weight excluding hydrogens is 275 g/mol. The molecule has 98 valence electrons. The van der Waals surface area contributed by atoms with Gasteiger partial charge in [0.1, 0.15) is 0 Å². The van der Waals surface area contributed by atoms with Gasteiger partial charge in [0.15, 0.2) is 0 Å². The Morgan fingerprint density at radius 2 is 2.22 bits per heavy atom. The lowest BCUT2D eigenvalue weighted by Gasteiger charge is -2.24. The van der Waals surface area contributed by atoms with Crippen molar-refractivity contribution in [3.8, 4) is 0 Å². The lowest BCUT2D eigenvalue weighted by molar-refractivity contribution is 0.0678. The maximum Gasteiger partial charge on any atom is 0.256 e. The van der Waals surface area contributed by atoms with Crippen molar-refractivity contribution in [2.45, 2.75) is 18.9 Å². The Morgan fingerprint density at radius 1 is 1.50 bits per heavy atom. The zero-order valence-electron chi connectivity index (χ0n) is 9.70. The fourth-order valence-corrected chi connectivity index (χ4v) is 2.70. The number of nitrogens with two attached hydrogens (primary N) is 1. The van der Waals surface area contributed by atoms with E-state index >= 15 is 0 Å². The number of nitrogens with zero attached hydrogens (tertiary/aromatic N) is 1. The van der Waals surface area contributed by atoms with Crippen molar-refractivity contribution < 1.29 is 9.90 Å². The monoisotopic (exact) mass is 288 g/mol. The van der Waals surface area contributed by atoms with Gasteiger partial charge in [0, 0.05) is 11.6 Å². The second-order valence-corrected chi connectivity index (χ2v) is 5.17. The lowest BCUT2D eigenvalue weighted by atomic mass is 10.1. The first-order valence-corrected chi connectivity index (χ1v) is 6.46. The molecule has 1 aliphatic heterocycles. The van der Waals surface area contributed by atoms with Crippen molar-refractivity contribution in [2.75, 3.05) is 18.9 Å². The third kappa shape index (κ3) is 2.41. The molecular formula is C12H14Cl2N2O2. The zero-order valence-corrected chi connectivity index (χ0v) is 11.2. The van der Waals surface area contributed by atoms with Crippen LogP contribution in [0.2, 0.25) is 10.0 Å². The maximum atomic E-state index is 12.4. The summed E-state index contributed by atoms with van der Waals surface area (Å²) < 4.78 is 0. The molecule has 18 heavy (non-hydrogen) atoms. The molecule has 0 saturated carbocycles. The predicted molar refractivity (Wildman–Crippen MR) is 72.0 cm³/mol. The third-order valence-electron chi connectivity index (χ3n) is 3.17. The van der Waals surface area contributed by atoms with E-state index in [9.17, 15) is 9.90 Å². The Bertz CT molecular complexity index is 479. The normalized spacial score (nSPS) is 19.3. The smallest absolute Gasteiger partial charge is 0.256 e. The van der Waals surface area contributed by atoms with Gasteiger partial charge in [-0.25, -0.2) is 0 Å². The average molecular weight is 289 g/mol. The predicted octanol–water partition coefficient (Wildman–Crippen LogP) is 2.17. The molecule has 0 spiro atoms. The van der Waals surface area contributed by atoms with Gasteiger partial charge in [-0.2, -0.15) is 0 Å². The average Bonchev–Trinajstić information content (AvgIpc) is 2.81. The summed E-state index contributed by atoms with van der Waals surface area (Å²) in [5.74, 6) is -0.228. The highest BCUT2D eigenvalue weighted by atomic mass is 35.5. The highest BCUT2D eigenvalue weighted by Crippen LogP contribution is 2.30. The first kappa shape index (κ1) is 13.5. The van der Waals surface area contributed by atoms with Gasteiger partial charge in [0.2, 0.25) is 0 Å². The van der Waals surface area contributed by atoms with Crippen LogP contribution in [0.15, 0.2) is 12.1 Å². The Morgan fingerprint density at radius 3 is 2.89 bits per heavy atom. The standard InChI is InChI=1S/C12H14Cl2N2O2/c13-7-4-9(11(15)10(14)5-7)12(18)16-3-1-2-8(16)6-17/h4-5,8,17H,1-3,6,15H2/t8-/m0/s1. The van der Waals surface area contributed by atoms with Crippen LogP contribution in [-0.4, -0.2) is 35.1 Å². The summed E-state index contributed by atoms with van der Waals surface area (Å²) >= 11 is 11.8. The first-order chi connectivity index (χ1) is 8.54. The van der Waals surface area contributed by atoms with Gasteiger partial charge in [-0.05, 0) is 25.0 Å². The molecule has 1 fully saturated rings. The molecule has 2 rings (SSSR count). The summed E-state index contributed by atoms with van der Waals surface area (Å²) in [7, 11) is 0. The number of hydrogen-bond donors (Lipinski definition) is 2. The SMILES string of the molecule is Nc1c(Cl)cc(Cl)cc1C(=O)N1CCC[C@H]1CO. The molecule has 0 bridgehead atoms. The van der Waals surface area contributed by atoms with Crippen LogP contribution in [-0.2, 0) is 0 Å². The van der Waals surface area contributed by atoms with Crippen molar-refractivity contribution in [2.24, 2.45) is 0 Å². The fraction of sp³-hybridized carbons (Fsp3) is 0.417. The van der Waals surface area contributed by atoms with Crippen LogP contribution in [0.4, 0.5) is 5.69 Å². The van der Waals surface area contributed by atoms with Crippen molar-refractivity contribution in [3.63, 3.8) is 0 Å². The summed E-state index contributed by atoms with van der Waals surface area (Å²) in [5, 5.41) is 9.88. The van der Waals surface area contributed by atoms with E-state index in [0.717, 1.165) is 12.8 Å². The second kappa shape index (κ2) is 5.34. The quantitative estimate of drug-likeness (QED) is 0.820. The molecule has 4 nitrogen and oxygen atoms in total. The molecule has 1 aliphatic rings. The number of nitrogen functional groups attached to an aromatic ring is 1. The molecule has 1 amide bonds. The number of benzene rings is 1. The Kier molecular flexibility index (Phi) is 4.00. The van der Waals surface area contributed by atoms with Crippen LogP contribution in [0.25, 0.3) is 0 Å². The number of aliphatic hydroxyl groups excluding tert-OH is 1. The Hall–Kier alpha value is -0.970. The second-order valence-electron chi connectivity index (χ2n) is 4.33. The third-order valence-corrected chi connectivity index (χ3v) is 3.70. The topological polar surface area (TPSA) is 66.6 Å². The van der Waals surface area contributed by atoms with E-state index in [4.69, 9.17) is 28.9 Å². The zero-order chi connectivity index (χ0) is 13.3. The molecule has 1 aromatic carbocycles. The van der Waals surface area contributed by atoms with Gasteiger partial charge < -0.3 is 15.7 Å². The van der Waals surface area contributed by atoms with E-state index in [1.165, 1.54) is 12.1 Å². The minimum atomic E-state index is -0.228. The first-order valence-electron chi connectivity index (χ1n) is 5.71. The van der Waals surface area contributed by atoms with E-state index in [-0.39, 0.29) is 29.3 Å². The largest absolute Gasteiger partial charge is 0.397 e. The molecule has 0 unspecified atom stereocenters. The van der Waals surface area contributed by atoms with Crippen molar-refractivity contribution in [1.82, 2.24) is 4.90 Å². The molecule has 6 heteroatoms. The number of hydrogen-bond acceptors (Lipinski definition) is 3. The molecule has 1 heterocycles. The molecule has 1 saturated heterocycles. The number of rotatable bonds is 2. The van der Waals surface area contributed by atoms with Gasteiger partial charge in [0.25, 0.3) is 5.91 Å². The van der Waals surface area contributed by atoms with E-state index < -0.39 is 0 Å². The number of aliphatic hydroxyl groups is 1. The summed E-state index contributed by atoms with van der Waals surface area (Å²) in [5.41, 5.74) is 6.34. The van der Waals surface area contributed by atoms with Crippen LogP contribution in [0, 0.1) is 0 Å². The van der Waals surface area contributed by atoms with Crippen molar-refractivity contribution >= 4 is 34.8 Å². The summed E-state index contributed by atoms with van der Waals surface area (Å²) in [6.45, 7) is 0.577. The van der Waals surface area contributed by atoms with E-state index in [1.54, 1.807) is 4.90 Å². The summed E-state index contributed by atoms with van der Waals surface area (Å²) in [6.07, 6.45) is 1.68. The molecule has 3 N–H and O–H groups in total. The summed E-state index contributed by atoms with van der Waals surface area (Å²) in [4.78, 5) is 14.0. The Balaban J connectivity index is 2.34. The number of halogens is 2. The van der Waals surface area contributed by atoms with Crippen LogP contribution >= 0.6 is 23.2 Å². The number of carbonyl (C=O) groups is 1. The molecule has 1 atom stereocenters. The van der Waals surface area contributed by atoms with Crippen LogP contribution in [0.1, 0.15) is 23.2 Å². The lowest BCUT2D eigenvalue weighted by Crippen LogP contribution is -2.38. The highest BCUT2D eigenvalue weighted by Gasteiger charge is 2.30. The van der Waals surface area contributed by atoms with Gasteiger partial charge in [-0.1, -0.05) is 23.2 Å². The molecule has 0 radical (unpaired) electrons. The Labute approximate surface area is 115 Å². The molecule has 1 aromatic rings. The van der Waals surface area contributed by atoms with Gasteiger partial charge >= 0.3 is 0 Å². The van der Waals surface area contributed by atoms with E-state index in [1.807, 2.05) is 0 Å². The van der Waals surface area contributed by atoms with Gasteiger partial charge in [-0.3, -0.25) is 4.79 Å². The number of carbonyl (C=O) groups excluding carboxylic acids is 1. The molecule has 0 aliphatic carbocycles. The maximum absolute atomic E-state index is 12.4. The summed E-state index contributed by atoms with van der Waals surface area (Å²) in [6, 6.07) is 2.87. The van der Waals surface area contributed by atoms with E-state index in [0.29, 0.717) is 17.1 Å².